The largest absolute Gasteiger partial charge is 0.432 e. The van der Waals surface area contributed by atoms with Crippen LogP contribution in [0.2, 0.25) is 0 Å². The third-order valence-electron chi connectivity index (χ3n) is 2.88. The van der Waals surface area contributed by atoms with Crippen LogP contribution in [0, 0.1) is 11.7 Å². The third kappa shape index (κ3) is 7.05. The van der Waals surface area contributed by atoms with Crippen LogP contribution in [0.5, 0.6) is 5.75 Å². The predicted molar refractivity (Wildman–Crippen MR) is 84.7 cm³/mol. The summed E-state index contributed by atoms with van der Waals surface area (Å²) in [5.74, 6) is -2.86. The Morgan fingerprint density at radius 1 is 1.29 bits per heavy atom. The van der Waals surface area contributed by atoms with Crippen LogP contribution in [0.15, 0.2) is 18.2 Å². The van der Waals surface area contributed by atoms with Crippen LogP contribution in [0.25, 0.3) is 0 Å². The molecule has 0 radical (unpaired) electrons. The van der Waals surface area contributed by atoms with Gasteiger partial charge in [-0.05, 0) is 18.1 Å². The summed E-state index contributed by atoms with van der Waals surface area (Å²) in [5, 5.41) is 4.65. The first-order chi connectivity index (χ1) is 10.7. The number of carbonyl (C=O) groups excluding carboxylic acids is 2. The molecule has 0 aliphatic heterocycles. The Hall–Kier alpha value is -2.00. The Kier molecular flexibility index (Phi) is 9.16. The molecule has 136 valence electrons. The number of carbonyl (C=O) groups is 2. The fourth-order valence-electron chi connectivity index (χ4n) is 1.56. The maximum atomic E-state index is 13.5. The second-order valence-electron chi connectivity index (χ2n) is 5.06. The highest BCUT2D eigenvalue weighted by molar-refractivity contribution is 5.95. The molecule has 2 amide bonds. The first-order valence-electron chi connectivity index (χ1n) is 6.78. The highest BCUT2D eigenvalue weighted by Crippen LogP contribution is 2.22. The van der Waals surface area contributed by atoms with Crippen molar-refractivity contribution >= 4 is 29.9 Å². The van der Waals surface area contributed by atoms with Crippen LogP contribution < -0.4 is 21.1 Å². The van der Waals surface area contributed by atoms with E-state index in [0.717, 1.165) is 12.1 Å². The van der Waals surface area contributed by atoms with Crippen molar-refractivity contribution in [3.05, 3.63) is 24.0 Å². The highest BCUT2D eigenvalue weighted by Gasteiger charge is 2.18. The number of rotatable bonds is 7. The lowest BCUT2D eigenvalue weighted by Crippen LogP contribution is -2.46. The van der Waals surface area contributed by atoms with Crippen molar-refractivity contribution in [1.29, 1.82) is 0 Å². The second-order valence-corrected chi connectivity index (χ2v) is 5.06. The zero-order chi connectivity index (χ0) is 17.6. The molecule has 0 aliphatic carbocycles. The Bertz CT molecular complexity index is 573. The van der Waals surface area contributed by atoms with Gasteiger partial charge in [0.1, 0.15) is 0 Å². The first-order valence-corrected chi connectivity index (χ1v) is 6.78. The highest BCUT2D eigenvalue weighted by atomic mass is 35.5. The molecule has 1 aromatic rings. The topological polar surface area (TPSA) is 93.5 Å². The number of benzene rings is 1. The van der Waals surface area contributed by atoms with Crippen LogP contribution in [0.4, 0.5) is 18.9 Å². The molecule has 10 heteroatoms. The molecule has 0 saturated heterocycles. The fraction of sp³-hybridized carbons (Fsp3) is 0.429. The molecule has 0 spiro atoms. The van der Waals surface area contributed by atoms with E-state index in [-0.39, 0.29) is 30.6 Å². The lowest BCUT2D eigenvalue weighted by Gasteiger charge is -2.15. The van der Waals surface area contributed by atoms with Crippen LogP contribution in [-0.2, 0) is 9.59 Å². The lowest BCUT2D eigenvalue weighted by molar-refractivity contribution is -0.125. The van der Waals surface area contributed by atoms with Gasteiger partial charge in [-0.25, -0.2) is 4.39 Å². The van der Waals surface area contributed by atoms with Gasteiger partial charge in [0.25, 0.3) is 0 Å². The van der Waals surface area contributed by atoms with Crippen LogP contribution in [0.3, 0.4) is 0 Å². The molecule has 1 atom stereocenters. The third-order valence-corrected chi connectivity index (χ3v) is 2.88. The number of hydrogen-bond acceptors (Lipinski definition) is 4. The van der Waals surface area contributed by atoms with Crippen molar-refractivity contribution < 1.29 is 27.5 Å². The van der Waals surface area contributed by atoms with E-state index in [1.54, 1.807) is 13.8 Å². The molecule has 6 nitrogen and oxygen atoms in total. The Morgan fingerprint density at radius 2 is 1.92 bits per heavy atom. The van der Waals surface area contributed by atoms with E-state index in [1.165, 1.54) is 6.07 Å². The van der Waals surface area contributed by atoms with Crippen molar-refractivity contribution in [2.45, 2.75) is 26.5 Å². The van der Waals surface area contributed by atoms with Gasteiger partial charge < -0.3 is 21.1 Å². The van der Waals surface area contributed by atoms with E-state index in [2.05, 4.69) is 15.4 Å². The smallest absolute Gasteiger partial charge is 0.387 e. The average molecular weight is 370 g/mol. The SMILES string of the molecule is CC(C)[C@H](N)C(=O)NCC(=O)Nc1ccc(OC(F)F)c(F)c1.Cl. The number of nitrogens with one attached hydrogen (secondary N) is 2. The molecule has 0 aliphatic rings. The van der Waals surface area contributed by atoms with E-state index in [4.69, 9.17) is 5.73 Å². The molecule has 0 fully saturated rings. The molecule has 1 aromatic carbocycles. The number of anilines is 1. The second kappa shape index (κ2) is 9.99. The van der Waals surface area contributed by atoms with E-state index >= 15 is 0 Å². The monoisotopic (exact) mass is 369 g/mol. The number of nitrogens with two attached hydrogens (primary N) is 1. The Labute approximate surface area is 143 Å². The number of amides is 2. The van der Waals surface area contributed by atoms with E-state index in [9.17, 15) is 22.8 Å². The summed E-state index contributed by atoms with van der Waals surface area (Å²) in [6.07, 6.45) is 0. The van der Waals surface area contributed by atoms with Gasteiger partial charge in [-0.3, -0.25) is 9.59 Å². The molecular formula is C14H19ClF3N3O3. The van der Waals surface area contributed by atoms with Gasteiger partial charge in [-0.2, -0.15) is 8.78 Å². The molecule has 4 N–H and O–H groups in total. The quantitative estimate of drug-likeness (QED) is 0.684. The number of ether oxygens (including phenoxy) is 1. The summed E-state index contributed by atoms with van der Waals surface area (Å²) in [7, 11) is 0. The Balaban J connectivity index is 0.00000529. The van der Waals surface area contributed by atoms with E-state index in [0.29, 0.717) is 0 Å². The fourth-order valence-corrected chi connectivity index (χ4v) is 1.56. The predicted octanol–water partition coefficient (Wildman–Crippen LogP) is 1.89. The number of halogens is 4. The zero-order valence-electron chi connectivity index (χ0n) is 13.0. The normalized spacial score (nSPS) is 11.7. The standard InChI is InChI=1S/C14H18F3N3O3.ClH/c1-7(2)12(18)13(22)19-6-11(21)20-8-3-4-10(9(15)5-8)23-14(16)17;/h3-5,7,12,14H,6,18H2,1-2H3,(H,19,22)(H,20,21);1H/t12-;/m0./s1. The minimum atomic E-state index is -3.15. The molecule has 0 unspecified atom stereocenters. The van der Waals surface area contributed by atoms with Gasteiger partial charge in [0.05, 0.1) is 12.6 Å². The summed E-state index contributed by atoms with van der Waals surface area (Å²) < 4.78 is 41.4. The number of hydrogen-bond donors (Lipinski definition) is 3. The van der Waals surface area contributed by atoms with Gasteiger partial charge in [-0.1, -0.05) is 13.8 Å². The zero-order valence-corrected chi connectivity index (χ0v) is 13.8. The average Bonchev–Trinajstić information content (AvgIpc) is 2.46. The van der Waals surface area contributed by atoms with Crippen LogP contribution in [-0.4, -0.2) is 31.0 Å². The van der Waals surface area contributed by atoms with Crippen molar-refractivity contribution in [2.75, 3.05) is 11.9 Å². The summed E-state index contributed by atoms with van der Waals surface area (Å²) in [6.45, 7) is 0.0212. The van der Waals surface area contributed by atoms with Gasteiger partial charge >= 0.3 is 6.61 Å². The molecule has 0 aromatic heterocycles. The van der Waals surface area contributed by atoms with Crippen molar-refractivity contribution in [2.24, 2.45) is 11.7 Å². The molecule has 0 heterocycles. The van der Waals surface area contributed by atoms with E-state index < -0.39 is 36.0 Å². The summed E-state index contributed by atoms with van der Waals surface area (Å²) >= 11 is 0. The number of alkyl halides is 2. The van der Waals surface area contributed by atoms with Crippen LogP contribution >= 0.6 is 12.4 Å². The minimum absolute atomic E-state index is 0. The molecule has 0 saturated carbocycles. The maximum absolute atomic E-state index is 13.5. The summed E-state index contributed by atoms with van der Waals surface area (Å²) in [6, 6.07) is 2.24. The summed E-state index contributed by atoms with van der Waals surface area (Å²) in [4.78, 5) is 23.2. The van der Waals surface area contributed by atoms with Crippen molar-refractivity contribution in [3.63, 3.8) is 0 Å². The molecular weight excluding hydrogens is 351 g/mol. The molecule has 24 heavy (non-hydrogen) atoms. The maximum Gasteiger partial charge on any atom is 0.387 e. The van der Waals surface area contributed by atoms with E-state index in [1.807, 2.05) is 0 Å². The minimum Gasteiger partial charge on any atom is -0.432 e. The van der Waals surface area contributed by atoms with Crippen molar-refractivity contribution in [3.8, 4) is 5.75 Å². The lowest BCUT2D eigenvalue weighted by atomic mass is 10.1. The molecule has 0 bridgehead atoms. The van der Waals surface area contributed by atoms with Crippen LogP contribution in [0.1, 0.15) is 13.8 Å². The van der Waals surface area contributed by atoms with Gasteiger partial charge in [0, 0.05) is 11.8 Å². The van der Waals surface area contributed by atoms with Gasteiger partial charge in [0.2, 0.25) is 11.8 Å². The molecule has 1 rings (SSSR count). The first kappa shape index (κ1) is 22.0. The van der Waals surface area contributed by atoms with Gasteiger partial charge in [0.15, 0.2) is 11.6 Å². The van der Waals surface area contributed by atoms with Crippen molar-refractivity contribution in [1.82, 2.24) is 5.32 Å². The Morgan fingerprint density at radius 3 is 2.42 bits per heavy atom. The summed E-state index contributed by atoms with van der Waals surface area (Å²) in [5.41, 5.74) is 5.64. The van der Waals surface area contributed by atoms with Gasteiger partial charge in [-0.15, -0.1) is 12.4 Å².